The van der Waals surface area contributed by atoms with Crippen molar-refractivity contribution in [2.24, 2.45) is 0 Å². The van der Waals surface area contributed by atoms with E-state index in [2.05, 4.69) is 51.5 Å². The summed E-state index contributed by atoms with van der Waals surface area (Å²) in [6.45, 7) is 2.73. The minimum absolute atomic E-state index is 0.471. The lowest BCUT2D eigenvalue weighted by molar-refractivity contribution is 0.664. The normalized spacial score (nSPS) is 10.9. The number of nitrogens with zero attached hydrogens (tertiary/aromatic N) is 4. The number of aromatic amines is 1. The Morgan fingerprint density at radius 2 is 2.06 bits per heavy atom. The van der Waals surface area contributed by atoms with Gasteiger partial charge in [-0.1, -0.05) is 47.3 Å². The SMILES string of the molecule is Cc1ccc(Cn2nnc3c(=S)nc[nH]c32)cc1. The monoisotopic (exact) mass is 257 g/mol. The number of benzene rings is 1. The zero-order valence-electron chi connectivity index (χ0n) is 9.79. The maximum atomic E-state index is 5.10. The Labute approximate surface area is 108 Å². The van der Waals surface area contributed by atoms with Crippen LogP contribution in [0.2, 0.25) is 0 Å². The number of nitrogens with one attached hydrogen (secondary N) is 1. The number of aryl methyl sites for hydroxylation is 1. The van der Waals surface area contributed by atoms with Gasteiger partial charge in [-0.05, 0) is 12.5 Å². The van der Waals surface area contributed by atoms with Gasteiger partial charge in [0, 0.05) is 0 Å². The van der Waals surface area contributed by atoms with E-state index in [1.165, 1.54) is 11.1 Å². The molecule has 6 heteroatoms. The molecule has 3 aromatic rings. The zero-order valence-corrected chi connectivity index (χ0v) is 10.6. The Morgan fingerprint density at radius 1 is 1.28 bits per heavy atom. The van der Waals surface area contributed by atoms with Crippen molar-refractivity contribution in [1.82, 2.24) is 25.0 Å². The molecule has 0 aliphatic carbocycles. The van der Waals surface area contributed by atoms with Crippen molar-refractivity contribution in [3.8, 4) is 0 Å². The summed E-state index contributed by atoms with van der Waals surface area (Å²) in [6, 6.07) is 8.33. The van der Waals surface area contributed by atoms with E-state index in [-0.39, 0.29) is 0 Å². The minimum Gasteiger partial charge on any atom is -0.329 e. The van der Waals surface area contributed by atoms with E-state index in [1.807, 2.05) is 0 Å². The number of H-pyrrole nitrogens is 1. The molecule has 0 atom stereocenters. The summed E-state index contributed by atoms with van der Waals surface area (Å²) in [5.41, 5.74) is 3.85. The predicted octanol–water partition coefficient (Wildman–Crippen LogP) is 2.24. The second-order valence-electron chi connectivity index (χ2n) is 4.14. The number of fused-ring (bicyclic) bond motifs is 1. The average Bonchev–Trinajstić information content (AvgIpc) is 2.77. The maximum Gasteiger partial charge on any atom is 0.166 e. The molecule has 0 amide bonds. The van der Waals surface area contributed by atoms with Crippen molar-refractivity contribution >= 4 is 23.4 Å². The smallest absolute Gasteiger partial charge is 0.166 e. The molecule has 1 aromatic carbocycles. The van der Waals surface area contributed by atoms with Gasteiger partial charge in [0.25, 0.3) is 0 Å². The molecule has 2 aromatic heterocycles. The van der Waals surface area contributed by atoms with Crippen LogP contribution in [0.15, 0.2) is 30.6 Å². The summed E-state index contributed by atoms with van der Waals surface area (Å²) >= 11 is 5.10. The van der Waals surface area contributed by atoms with Crippen LogP contribution in [0.4, 0.5) is 0 Å². The number of rotatable bonds is 2. The molecule has 18 heavy (non-hydrogen) atoms. The third kappa shape index (κ3) is 1.91. The molecular formula is C12H11N5S. The van der Waals surface area contributed by atoms with Gasteiger partial charge in [0.2, 0.25) is 0 Å². The Bertz CT molecular complexity index is 741. The summed E-state index contributed by atoms with van der Waals surface area (Å²) in [5, 5.41) is 8.15. The first-order valence-corrected chi connectivity index (χ1v) is 5.97. The molecule has 0 radical (unpaired) electrons. The lowest BCUT2D eigenvalue weighted by Gasteiger charge is -2.02. The van der Waals surface area contributed by atoms with Crippen LogP contribution in [0.3, 0.4) is 0 Å². The van der Waals surface area contributed by atoms with Gasteiger partial charge >= 0.3 is 0 Å². The van der Waals surface area contributed by atoms with Crippen molar-refractivity contribution in [3.63, 3.8) is 0 Å². The molecule has 1 N–H and O–H groups in total. The second-order valence-corrected chi connectivity index (χ2v) is 4.52. The molecule has 0 spiro atoms. The molecule has 0 fully saturated rings. The summed E-state index contributed by atoms with van der Waals surface area (Å²) in [7, 11) is 0. The van der Waals surface area contributed by atoms with Gasteiger partial charge in [-0.15, -0.1) is 5.10 Å². The molecule has 0 unspecified atom stereocenters. The predicted molar refractivity (Wildman–Crippen MR) is 70.8 cm³/mol. The molecular weight excluding hydrogens is 246 g/mol. The average molecular weight is 257 g/mol. The van der Waals surface area contributed by atoms with Crippen LogP contribution >= 0.6 is 12.2 Å². The molecule has 2 heterocycles. The van der Waals surface area contributed by atoms with Crippen LogP contribution in [0.5, 0.6) is 0 Å². The Balaban J connectivity index is 2.03. The molecule has 0 aliphatic heterocycles. The summed E-state index contributed by atoms with van der Waals surface area (Å²) in [4.78, 5) is 7.01. The quantitative estimate of drug-likeness (QED) is 0.715. The topological polar surface area (TPSA) is 59.4 Å². The van der Waals surface area contributed by atoms with Gasteiger partial charge in [0.1, 0.15) is 0 Å². The Hall–Kier alpha value is -2.08. The van der Waals surface area contributed by atoms with Crippen LogP contribution in [0, 0.1) is 11.6 Å². The number of hydrogen-bond acceptors (Lipinski definition) is 4. The number of aromatic nitrogens is 5. The van der Waals surface area contributed by atoms with E-state index in [0.717, 1.165) is 5.65 Å². The van der Waals surface area contributed by atoms with Crippen molar-refractivity contribution in [2.75, 3.05) is 0 Å². The van der Waals surface area contributed by atoms with Crippen LogP contribution in [0.1, 0.15) is 11.1 Å². The van der Waals surface area contributed by atoms with E-state index < -0.39 is 0 Å². The zero-order chi connectivity index (χ0) is 12.5. The molecule has 0 saturated carbocycles. The van der Waals surface area contributed by atoms with Gasteiger partial charge in [-0.2, -0.15) is 0 Å². The van der Waals surface area contributed by atoms with Gasteiger partial charge in [-0.25, -0.2) is 9.67 Å². The van der Waals surface area contributed by atoms with Crippen LogP contribution in [0.25, 0.3) is 11.2 Å². The van der Waals surface area contributed by atoms with Gasteiger partial charge in [0.15, 0.2) is 15.8 Å². The first-order valence-electron chi connectivity index (χ1n) is 5.56. The fraction of sp³-hybridized carbons (Fsp3) is 0.167. The third-order valence-electron chi connectivity index (χ3n) is 2.77. The highest BCUT2D eigenvalue weighted by atomic mass is 32.1. The Kier molecular flexibility index (Phi) is 2.64. The van der Waals surface area contributed by atoms with Crippen molar-refractivity contribution < 1.29 is 0 Å². The second kappa shape index (κ2) is 4.30. The molecule has 5 nitrogen and oxygen atoms in total. The van der Waals surface area contributed by atoms with E-state index in [1.54, 1.807) is 11.0 Å². The highest BCUT2D eigenvalue weighted by Gasteiger charge is 2.06. The summed E-state index contributed by atoms with van der Waals surface area (Å²) < 4.78 is 2.26. The molecule has 3 rings (SSSR count). The van der Waals surface area contributed by atoms with Crippen LogP contribution in [-0.4, -0.2) is 25.0 Å². The van der Waals surface area contributed by atoms with Gasteiger partial charge in [0.05, 0.1) is 12.9 Å². The van der Waals surface area contributed by atoms with Crippen molar-refractivity contribution in [1.29, 1.82) is 0 Å². The lowest BCUT2D eigenvalue weighted by Crippen LogP contribution is -2.02. The minimum atomic E-state index is 0.471. The first kappa shape index (κ1) is 11.0. The summed E-state index contributed by atoms with van der Waals surface area (Å²) in [6.07, 6.45) is 1.57. The van der Waals surface area contributed by atoms with Crippen LogP contribution in [-0.2, 0) is 6.54 Å². The fourth-order valence-electron chi connectivity index (χ4n) is 1.79. The third-order valence-corrected chi connectivity index (χ3v) is 3.07. The fourth-order valence-corrected chi connectivity index (χ4v) is 1.98. The van der Waals surface area contributed by atoms with E-state index in [0.29, 0.717) is 16.7 Å². The van der Waals surface area contributed by atoms with Crippen molar-refractivity contribution in [3.05, 3.63) is 46.4 Å². The molecule has 0 aliphatic rings. The van der Waals surface area contributed by atoms with E-state index in [9.17, 15) is 0 Å². The molecule has 0 saturated heterocycles. The largest absolute Gasteiger partial charge is 0.329 e. The molecule has 90 valence electrons. The number of hydrogen-bond donors (Lipinski definition) is 1. The maximum absolute atomic E-state index is 5.10. The highest BCUT2D eigenvalue weighted by molar-refractivity contribution is 7.71. The first-order chi connectivity index (χ1) is 8.74. The van der Waals surface area contributed by atoms with Gasteiger partial charge in [-0.3, -0.25) is 0 Å². The molecule has 0 bridgehead atoms. The Morgan fingerprint density at radius 3 is 2.83 bits per heavy atom. The van der Waals surface area contributed by atoms with E-state index in [4.69, 9.17) is 12.2 Å². The van der Waals surface area contributed by atoms with Crippen LogP contribution < -0.4 is 0 Å². The highest BCUT2D eigenvalue weighted by Crippen LogP contribution is 2.10. The van der Waals surface area contributed by atoms with Crippen molar-refractivity contribution in [2.45, 2.75) is 13.5 Å². The standard InChI is InChI=1S/C12H11N5S/c1-8-2-4-9(5-3-8)6-17-11-10(15-16-17)12(18)14-7-13-11/h2-5,7H,6H2,1H3,(H,13,14,18). The van der Waals surface area contributed by atoms with E-state index >= 15 is 0 Å². The van der Waals surface area contributed by atoms with Gasteiger partial charge < -0.3 is 4.98 Å². The lowest BCUT2D eigenvalue weighted by atomic mass is 10.1. The summed E-state index contributed by atoms with van der Waals surface area (Å²) in [5.74, 6) is 0.